The lowest BCUT2D eigenvalue weighted by atomic mass is 10.1. The van der Waals surface area contributed by atoms with Crippen molar-refractivity contribution in [2.75, 3.05) is 13.2 Å². The molecule has 0 aliphatic carbocycles. The van der Waals surface area contributed by atoms with Crippen LogP contribution in [-0.4, -0.2) is 23.0 Å². The third-order valence-corrected chi connectivity index (χ3v) is 2.10. The van der Waals surface area contributed by atoms with Crippen molar-refractivity contribution in [3.63, 3.8) is 0 Å². The Balaban J connectivity index is 2.51. The van der Waals surface area contributed by atoms with Crippen molar-refractivity contribution in [2.45, 2.75) is 26.3 Å². The minimum Gasteiger partial charge on any atom is -0.379 e. The molecule has 0 saturated heterocycles. The fourth-order valence-corrected chi connectivity index (χ4v) is 1.43. The molecule has 1 atom stereocenters. The number of nitrogens with zero attached hydrogens (tertiary/aromatic N) is 2. The molecule has 4 nitrogen and oxygen atoms in total. The molecule has 1 aromatic heterocycles. The summed E-state index contributed by atoms with van der Waals surface area (Å²) in [5.74, 6) is 0. The highest BCUT2D eigenvalue weighted by atomic mass is 16.5. The molecule has 0 aliphatic rings. The zero-order chi connectivity index (χ0) is 10.6. The molecule has 1 rings (SSSR count). The van der Waals surface area contributed by atoms with Crippen LogP contribution in [0.2, 0.25) is 0 Å². The first-order valence-electron chi connectivity index (χ1n) is 4.98. The maximum absolute atomic E-state index is 5.97. The van der Waals surface area contributed by atoms with Gasteiger partial charge in [-0.05, 0) is 13.3 Å². The van der Waals surface area contributed by atoms with Gasteiger partial charge in [0.1, 0.15) is 0 Å². The molecule has 0 saturated carbocycles. The number of aryl methyl sites for hydroxylation is 2. The number of rotatable bonds is 5. The van der Waals surface area contributed by atoms with E-state index in [1.807, 2.05) is 20.2 Å². The zero-order valence-corrected chi connectivity index (χ0v) is 9.16. The summed E-state index contributed by atoms with van der Waals surface area (Å²) in [5.41, 5.74) is 8.03. The topological polar surface area (TPSA) is 53.1 Å². The van der Waals surface area contributed by atoms with E-state index in [1.165, 1.54) is 0 Å². The van der Waals surface area contributed by atoms with Gasteiger partial charge in [-0.1, -0.05) is 6.92 Å². The number of ether oxygens (including phenoxy) is 1. The lowest BCUT2D eigenvalue weighted by molar-refractivity contribution is 0.121. The first kappa shape index (κ1) is 11.2. The monoisotopic (exact) mass is 197 g/mol. The van der Waals surface area contributed by atoms with Gasteiger partial charge in [-0.25, -0.2) is 0 Å². The number of nitrogens with two attached hydrogens (primary N) is 1. The van der Waals surface area contributed by atoms with E-state index in [0.29, 0.717) is 6.61 Å². The second-order valence-electron chi connectivity index (χ2n) is 3.52. The van der Waals surface area contributed by atoms with Crippen LogP contribution in [-0.2, 0) is 11.8 Å². The van der Waals surface area contributed by atoms with E-state index in [2.05, 4.69) is 12.0 Å². The lowest BCUT2D eigenvalue weighted by Gasteiger charge is -2.10. The number of hydrogen-bond acceptors (Lipinski definition) is 3. The molecule has 0 aliphatic heterocycles. The van der Waals surface area contributed by atoms with Crippen LogP contribution in [0.25, 0.3) is 0 Å². The van der Waals surface area contributed by atoms with Crippen LogP contribution in [0.15, 0.2) is 6.20 Å². The average molecular weight is 197 g/mol. The van der Waals surface area contributed by atoms with Crippen LogP contribution in [0.5, 0.6) is 0 Å². The minimum absolute atomic E-state index is 0.0600. The smallest absolute Gasteiger partial charge is 0.0660 e. The molecule has 0 bridgehead atoms. The molecule has 80 valence electrons. The quantitative estimate of drug-likeness (QED) is 0.720. The van der Waals surface area contributed by atoms with Crippen molar-refractivity contribution in [1.82, 2.24) is 9.78 Å². The third kappa shape index (κ3) is 2.82. The van der Waals surface area contributed by atoms with Gasteiger partial charge >= 0.3 is 0 Å². The van der Waals surface area contributed by atoms with Gasteiger partial charge in [-0.2, -0.15) is 5.10 Å². The van der Waals surface area contributed by atoms with Gasteiger partial charge in [0.05, 0.1) is 18.3 Å². The lowest BCUT2D eigenvalue weighted by Crippen LogP contribution is -2.17. The highest BCUT2D eigenvalue weighted by Crippen LogP contribution is 2.13. The molecule has 1 unspecified atom stereocenters. The Morgan fingerprint density at radius 1 is 1.64 bits per heavy atom. The first-order valence-corrected chi connectivity index (χ1v) is 4.98. The fraction of sp³-hybridized carbons (Fsp3) is 0.700. The largest absolute Gasteiger partial charge is 0.379 e. The summed E-state index contributed by atoms with van der Waals surface area (Å²) in [5, 5.41) is 4.24. The van der Waals surface area contributed by atoms with Crippen molar-refractivity contribution in [2.24, 2.45) is 12.8 Å². The Morgan fingerprint density at radius 2 is 2.36 bits per heavy atom. The molecule has 0 fully saturated rings. The van der Waals surface area contributed by atoms with Crippen molar-refractivity contribution >= 4 is 0 Å². The Kier molecular flexibility index (Phi) is 4.10. The molecule has 1 aromatic rings. The summed E-state index contributed by atoms with van der Waals surface area (Å²) < 4.78 is 7.18. The van der Waals surface area contributed by atoms with E-state index in [4.69, 9.17) is 10.5 Å². The molecule has 2 N–H and O–H groups in total. The van der Waals surface area contributed by atoms with Gasteiger partial charge in [0.15, 0.2) is 0 Å². The van der Waals surface area contributed by atoms with Crippen LogP contribution in [0, 0.1) is 6.92 Å². The third-order valence-electron chi connectivity index (χ3n) is 2.10. The van der Waals surface area contributed by atoms with Gasteiger partial charge < -0.3 is 10.5 Å². The summed E-state index contributed by atoms with van der Waals surface area (Å²) >= 11 is 0. The van der Waals surface area contributed by atoms with Crippen molar-refractivity contribution in [3.8, 4) is 0 Å². The molecule has 0 aromatic carbocycles. The van der Waals surface area contributed by atoms with Gasteiger partial charge in [-0.3, -0.25) is 4.68 Å². The fourth-order valence-electron chi connectivity index (χ4n) is 1.43. The molecule has 4 heteroatoms. The van der Waals surface area contributed by atoms with Gasteiger partial charge in [0.2, 0.25) is 0 Å². The van der Waals surface area contributed by atoms with E-state index in [-0.39, 0.29) is 6.04 Å². The van der Waals surface area contributed by atoms with E-state index in [9.17, 15) is 0 Å². The van der Waals surface area contributed by atoms with Crippen molar-refractivity contribution in [1.29, 1.82) is 0 Å². The average Bonchev–Trinajstić information content (AvgIpc) is 2.45. The molecular weight excluding hydrogens is 178 g/mol. The minimum atomic E-state index is -0.0600. The normalized spacial score (nSPS) is 13.1. The SMILES string of the molecule is CCCOCC(N)c1cn(C)nc1C. The molecule has 1 heterocycles. The van der Waals surface area contributed by atoms with Crippen LogP contribution in [0.1, 0.15) is 30.6 Å². The summed E-state index contributed by atoms with van der Waals surface area (Å²) in [4.78, 5) is 0. The molecule has 0 spiro atoms. The molecule has 0 amide bonds. The summed E-state index contributed by atoms with van der Waals surface area (Å²) in [6.45, 7) is 5.39. The number of hydrogen-bond donors (Lipinski definition) is 1. The van der Waals surface area contributed by atoms with E-state index < -0.39 is 0 Å². The zero-order valence-electron chi connectivity index (χ0n) is 9.16. The van der Waals surface area contributed by atoms with Gasteiger partial charge in [0.25, 0.3) is 0 Å². The Labute approximate surface area is 85.0 Å². The summed E-state index contributed by atoms with van der Waals surface area (Å²) in [7, 11) is 1.90. The Morgan fingerprint density at radius 3 is 2.86 bits per heavy atom. The standard InChI is InChI=1S/C10H19N3O/c1-4-5-14-7-10(11)9-6-13(3)12-8(9)2/h6,10H,4-5,7,11H2,1-3H3. The molecule has 0 radical (unpaired) electrons. The van der Waals surface area contributed by atoms with E-state index in [1.54, 1.807) is 4.68 Å². The van der Waals surface area contributed by atoms with E-state index in [0.717, 1.165) is 24.3 Å². The van der Waals surface area contributed by atoms with Gasteiger partial charge in [0, 0.05) is 25.4 Å². The number of aromatic nitrogens is 2. The first-order chi connectivity index (χ1) is 6.65. The predicted molar refractivity (Wildman–Crippen MR) is 56.0 cm³/mol. The maximum atomic E-state index is 5.97. The van der Waals surface area contributed by atoms with Crippen molar-refractivity contribution < 1.29 is 4.74 Å². The maximum Gasteiger partial charge on any atom is 0.0660 e. The predicted octanol–water partition coefficient (Wildman–Crippen LogP) is 1.15. The van der Waals surface area contributed by atoms with Crippen LogP contribution in [0.3, 0.4) is 0 Å². The Bertz CT molecular complexity index is 283. The van der Waals surface area contributed by atoms with Crippen LogP contribution >= 0.6 is 0 Å². The highest BCUT2D eigenvalue weighted by molar-refractivity contribution is 5.19. The Hall–Kier alpha value is -0.870. The summed E-state index contributed by atoms with van der Waals surface area (Å²) in [6, 6.07) is -0.0600. The van der Waals surface area contributed by atoms with Crippen LogP contribution < -0.4 is 5.73 Å². The highest BCUT2D eigenvalue weighted by Gasteiger charge is 2.11. The van der Waals surface area contributed by atoms with E-state index >= 15 is 0 Å². The van der Waals surface area contributed by atoms with Crippen LogP contribution in [0.4, 0.5) is 0 Å². The molecule has 14 heavy (non-hydrogen) atoms. The second kappa shape index (κ2) is 5.12. The van der Waals surface area contributed by atoms with Crippen molar-refractivity contribution in [3.05, 3.63) is 17.5 Å². The van der Waals surface area contributed by atoms with Gasteiger partial charge in [-0.15, -0.1) is 0 Å². The molecular formula is C10H19N3O. The summed E-state index contributed by atoms with van der Waals surface area (Å²) in [6.07, 6.45) is 2.98. The second-order valence-corrected chi connectivity index (χ2v) is 3.52.